The average molecular weight is 368 g/mol. The van der Waals surface area contributed by atoms with Gasteiger partial charge in [-0.3, -0.25) is 9.59 Å². The lowest BCUT2D eigenvalue weighted by Gasteiger charge is -2.16. The molecule has 0 unspecified atom stereocenters. The summed E-state index contributed by atoms with van der Waals surface area (Å²) in [6, 6.07) is 2.43. The van der Waals surface area contributed by atoms with Crippen molar-refractivity contribution in [3.63, 3.8) is 0 Å². The van der Waals surface area contributed by atoms with Gasteiger partial charge < -0.3 is 0 Å². The predicted molar refractivity (Wildman–Crippen MR) is 79.2 cm³/mol. The van der Waals surface area contributed by atoms with Crippen LogP contribution in [0.2, 0.25) is 0 Å². The summed E-state index contributed by atoms with van der Waals surface area (Å²) in [7, 11) is 0. The van der Waals surface area contributed by atoms with Gasteiger partial charge >= 0.3 is 0 Å². The third-order valence-corrected chi connectivity index (χ3v) is 4.18. The molecule has 0 aliphatic rings. The van der Waals surface area contributed by atoms with Crippen LogP contribution < -0.4 is 0 Å². The summed E-state index contributed by atoms with van der Waals surface area (Å²) in [6.45, 7) is 5.87. The van der Waals surface area contributed by atoms with E-state index in [1.807, 2.05) is 20.8 Å². The molecule has 0 saturated heterocycles. The molecule has 104 valence electrons. The Morgan fingerprint density at radius 3 is 2.42 bits per heavy atom. The summed E-state index contributed by atoms with van der Waals surface area (Å²) in [4.78, 5) is 23.4. The largest absolute Gasteiger partial charge is 0.287 e. The van der Waals surface area contributed by atoms with Crippen LogP contribution in [0.1, 0.15) is 37.6 Å². The second kappa shape index (κ2) is 6.37. The van der Waals surface area contributed by atoms with Gasteiger partial charge in [0.15, 0.2) is 5.12 Å². The molecule has 0 N–H and O–H groups in total. The van der Waals surface area contributed by atoms with Crippen LogP contribution in [0.3, 0.4) is 0 Å². The Morgan fingerprint density at radius 1 is 1.37 bits per heavy atom. The Kier molecular flexibility index (Phi) is 5.59. The first-order valence-electron chi connectivity index (χ1n) is 5.50. The average Bonchev–Trinajstić information content (AvgIpc) is 2.18. The Balaban J connectivity index is 2.99. The van der Waals surface area contributed by atoms with Crippen molar-refractivity contribution >= 4 is 49.7 Å². The van der Waals surface area contributed by atoms with Crippen molar-refractivity contribution in [1.29, 1.82) is 0 Å². The van der Waals surface area contributed by atoms with Crippen LogP contribution >= 0.6 is 39.3 Å². The fraction of sp³-hybridized carbons (Fsp3) is 0.385. The zero-order chi connectivity index (χ0) is 14.8. The predicted octanol–water partition coefficient (Wildman–Crippen LogP) is 5.02. The summed E-state index contributed by atoms with van der Waals surface area (Å²) >= 11 is 9.43. The highest BCUT2D eigenvalue weighted by molar-refractivity contribution is 9.10. The van der Waals surface area contributed by atoms with E-state index in [9.17, 15) is 14.0 Å². The van der Waals surface area contributed by atoms with E-state index in [-0.39, 0.29) is 16.1 Å². The van der Waals surface area contributed by atoms with E-state index in [1.54, 1.807) is 0 Å². The number of halogens is 3. The highest BCUT2D eigenvalue weighted by Crippen LogP contribution is 2.34. The highest BCUT2D eigenvalue weighted by atomic mass is 79.9. The maximum atomic E-state index is 13.5. The molecule has 0 aliphatic heterocycles. The van der Waals surface area contributed by atoms with Crippen molar-refractivity contribution in [2.75, 3.05) is 0 Å². The van der Waals surface area contributed by atoms with E-state index in [0.29, 0.717) is 15.8 Å². The number of hydrogen-bond donors (Lipinski definition) is 0. The van der Waals surface area contributed by atoms with Crippen LogP contribution in [0.5, 0.6) is 0 Å². The minimum Gasteiger partial charge on any atom is -0.287 e. The van der Waals surface area contributed by atoms with Gasteiger partial charge in [-0.05, 0) is 45.1 Å². The second-order valence-corrected chi connectivity index (χ2v) is 7.54. The summed E-state index contributed by atoms with van der Waals surface area (Å²) in [5, 5.41) is -0.928. The molecular formula is C13H13BrClFO2S. The molecule has 0 amide bonds. The molecule has 19 heavy (non-hydrogen) atoms. The molecule has 0 aromatic heterocycles. The maximum absolute atomic E-state index is 13.5. The number of carbonyl (C=O) groups is 2. The van der Waals surface area contributed by atoms with Gasteiger partial charge in [-0.1, -0.05) is 32.5 Å². The van der Waals surface area contributed by atoms with Crippen LogP contribution in [-0.4, -0.2) is 10.4 Å². The molecule has 0 fully saturated rings. The van der Waals surface area contributed by atoms with Gasteiger partial charge in [0.05, 0.1) is 5.56 Å². The Bertz CT molecular complexity index is 526. The lowest BCUT2D eigenvalue weighted by Crippen LogP contribution is -2.10. The molecule has 0 aliphatic carbocycles. The fourth-order valence-electron chi connectivity index (χ4n) is 1.35. The first-order valence-corrected chi connectivity index (χ1v) is 7.48. The standard InChI is InChI=1S/C13H13BrClFO2S/c1-13(2,3)6-11(17)19-10-4-7(12(15)18)9(16)5-8(10)14/h4-5H,6H2,1-3H3. The third-order valence-electron chi connectivity index (χ3n) is 2.13. The summed E-state index contributed by atoms with van der Waals surface area (Å²) in [5.41, 5.74) is -0.349. The summed E-state index contributed by atoms with van der Waals surface area (Å²) in [6.07, 6.45) is 0.381. The third kappa shape index (κ3) is 5.24. The van der Waals surface area contributed by atoms with Crippen molar-refractivity contribution in [2.24, 2.45) is 5.41 Å². The molecule has 2 nitrogen and oxygen atoms in total. The van der Waals surface area contributed by atoms with E-state index >= 15 is 0 Å². The van der Waals surface area contributed by atoms with Crippen molar-refractivity contribution in [3.8, 4) is 0 Å². The molecule has 1 aromatic carbocycles. The van der Waals surface area contributed by atoms with Crippen molar-refractivity contribution < 1.29 is 14.0 Å². The van der Waals surface area contributed by atoms with Crippen molar-refractivity contribution in [3.05, 3.63) is 28.0 Å². The zero-order valence-corrected chi connectivity index (χ0v) is 13.9. The number of carbonyl (C=O) groups excluding carboxylic acids is 2. The zero-order valence-electron chi connectivity index (χ0n) is 10.7. The van der Waals surface area contributed by atoms with Crippen LogP contribution in [-0.2, 0) is 4.79 Å². The fourth-order valence-corrected chi connectivity index (χ4v) is 3.14. The normalized spacial score (nSPS) is 11.5. The van der Waals surface area contributed by atoms with Crippen molar-refractivity contribution in [1.82, 2.24) is 0 Å². The lowest BCUT2D eigenvalue weighted by molar-refractivity contribution is -0.112. The Labute approximate surface area is 129 Å². The van der Waals surface area contributed by atoms with Crippen LogP contribution in [0.25, 0.3) is 0 Å². The number of hydrogen-bond acceptors (Lipinski definition) is 3. The molecule has 1 rings (SSSR count). The summed E-state index contributed by atoms with van der Waals surface area (Å²) < 4.78 is 13.9. The second-order valence-electron chi connectivity index (χ2n) is 5.25. The Morgan fingerprint density at radius 2 is 1.95 bits per heavy atom. The van der Waals surface area contributed by atoms with Gasteiger partial charge in [-0.2, -0.15) is 0 Å². The molecule has 0 bridgehead atoms. The first-order chi connectivity index (χ1) is 8.60. The topological polar surface area (TPSA) is 34.1 Å². The van der Waals surface area contributed by atoms with Crippen LogP contribution in [0, 0.1) is 11.2 Å². The number of benzene rings is 1. The van der Waals surface area contributed by atoms with Gasteiger partial charge in [-0.15, -0.1) is 0 Å². The first kappa shape index (κ1) is 16.7. The highest BCUT2D eigenvalue weighted by Gasteiger charge is 2.20. The van der Waals surface area contributed by atoms with E-state index in [1.165, 1.54) is 6.07 Å². The molecule has 0 radical (unpaired) electrons. The van der Waals surface area contributed by atoms with Crippen LogP contribution in [0.4, 0.5) is 4.39 Å². The van der Waals surface area contributed by atoms with E-state index in [4.69, 9.17) is 11.6 Å². The minimum absolute atomic E-state index is 0.0484. The maximum Gasteiger partial charge on any atom is 0.255 e. The SMILES string of the molecule is CC(C)(C)CC(=O)Sc1cc(C(=O)Cl)c(F)cc1Br. The smallest absolute Gasteiger partial charge is 0.255 e. The molecule has 0 saturated carbocycles. The number of thioether (sulfide) groups is 1. The van der Waals surface area contributed by atoms with Gasteiger partial charge in [0, 0.05) is 15.8 Å². The van der Waals surface area contributed by atoms with Crippen LogP contribution in [0.15, 0.2) is 21.5 Å². The molecule has 0 heterocycles. The van der Waals surface area contributed by atoms with E-state index < -0.39 is 11.1 Å². The van der Waals surface area contributed by atoms with Gasteiger partial charge in [0.1, 0.15) is 5.82 Å². The van der Waals surface area contributed by atoms with Gasteiger partial charge in [-0.25, -0.2) is 4.39 Å². The van der Waals surface area contributed by atoms with Crippen molar-refractivity contribution in [2.45, 2.75) is 32.1 Å². The quantitative estimate of drug-likeness (QED) is 0.555. The molecule has 6 heteroatoms. The lowest BCUT2D eigenvalue weighted by atomic mass is 9.93. The Hall–Kier alpha value is -0.390. The van der Waals surface area contributed by atoms with Gasteiger partial charge in [0.25, 0.3) is 5.24 Å². The summed E-state index contributed by atoms with van der Waals surface area (Å²) in [5.74, 6) is -0.709. The molecule has 0 spiro atoms. The van der Waals surface area contributed by atoms with E-state index in [0.717, 1.165) is 17.8 Å². The minimum atomic E-state index is -0.880. The molecular weight excluding hydrogens is 355 g/mol. The molecule has 1 aromatic rings. The number of rotatable bonds is 3. The van der Waals surface area contributed by atoms with Gasteiger partial charge in [0.2, 0.25) is 0 Å². The molecule has 0 atom stereocenters. The van der Waals surface area contributed by atoms with E-state index in [2.05, 4.69) is 15.9 Å². The monoisotopic (exact) mass is 366 g/mol.